The third kappa shape index (κ3) is 16.6. The summed E-state index contributed by atoms with van der Waals surface area (Å²) in [6, 6.07) is 0. The van der Waals surface area contributed by atoms with Crippen LogP contribution in [0.4, 0.5) is 0 Å². The summed E-state index contributed by atoms with van der Waals surface area (Å²) in [5.74, 6) is -0.812. The summed E-state index contributed by atoms with van der Waals surface area (Å²) in [6.45, 7) is 1.03. The van der Waals surface area contributed by atoms with Gasteiger partial charge in [0, 0.05) is 6.92 Å². The van der Waals surface area contributed by atoms with Crippen LogP contribution >= 0.6 is 0 Å². The monoisotopic (exact) mass is 202 g/mol. The molecule has 0 bridgehead atoms. The number of rotatable bonds is 1. The van der Waals surface area contributed by atoms with Crippen LogP contribution in [0.15, 0.2) is 0 Å². The van der Waals surface area contributed by atoms with E-state index in [4.69, 9.17) is 0 Å². The van der Waals surface area contributed by atoms with Crippen LogP contribution in [0, 0.1) is 0 Å². The average Bonchev–Trinajstić information content (AvgIpc) is 1.21. The Morgan fingerprint density at radius 3 is 1.80 bits per heavy atom. The number of hydrogen-bond donors (Lipinski definition) is 0. The molecule has 0 rings (SSSR count). The maximum absolute atomic E-state index is 10.00. The number of carbonyl (C=O) groups is 1. The standard InChI is InChI=1S/C3H6O4S.K.Na.2H/c1-3(4)7-8(2,5)6;;;;/h1-2H3;;;;/q;2*+1;2*-1. The molecule has 0 spiro atoms. The second-order valence-corrected chi connectivity index (χ2v) is 2.85. The molecule has 0 saturated carbocycles. The normalized spacial score (nSPS) is 8.60. The van der Waals surface area contributed by atoms with Crippen LogP contribution in [0.1, 0.15) is 9.78 Å². The molecule has 0 heterocycles. The van der Waals surface area contributed by atoms with Gasteiger partial charge in [-0.05, 0) is 0 Å². The topological polar surface area (TPSA) is 60.4 Å². The Morgan fingerprint density at radius 2 is 1.80 bits per heavy atom. The average molecular weight is 202 g/mol. The molecule has 0 saturated heterocycles. The van der Waals surface area contributed by atoms with Crippen LogP contribution in [0.5, 0.6) is 0 Å². The molecular weight excluding hydrogens is 194 g/mol. The van der Waals surface area contributed by atoms with Crippen molar-refractivity contribution in [1.82, 2.24) is 0 Å². The van der Waals surface area contributed by atoms with E-state index >= 15 is 0 Å². The quantitative estimate of drug-likeness (QED) is 0.313. The van der Waals surface area contributed by atoms with Gasteiger partial charge in [0.1, 0.15) is 0 Å². The molecule has 4 nitrogen and oxygen atoms in total. The van der Waals surface area contributed by atoms with Crippen LogP contribution in [-0.4, -0.2) is 20.6 Å². The van der Waals surface area contributed by atoms with Gasteiger partial charge in [0.05, 0.1) is 6.26 Å². The Bertz CT molecular complexity index is 194. The van der Waals surface area contributed by atoms with E-state index in [1.165, 1.54) is 0 Å². The molecular formula is C3H8KNaO4S. The van der Waals surface area contributed by atoms with E-state index < -0.39 is 16.1 Å². The van der Waals surface area contributed by atoms with E-state index in [0.717, 1.165) is 13.2 Å². The Hall–Kier alpha value is 2.06. The molecule has 0 radical (unpaired) electrons. The fourth-order valence-corrected chi connectivity index (χ4v) is 0.640. The summed E-state index contributed by atoms with van der Waals surface area (Å²) in [5.41, 5.74) is 0. The summed E-state index contributed by atoms with van der Waals surface area (Å²) in [4.78, 5) is 9.86. The first kappa shape index (κ1) is 18.0. The van der Waals surface area contributed by atoms with Gasteiger partial charge in [0.2, 0.25) is 0 Å². The molecule has 0 aliphatic rings. The minimum Gasteiger partial charge on any atom is -1.00 e. The third-order valence-electron chi connectivity index (χ3n) is 0.269. The molecule has 0 atom stereocenters. The second-order valence-electron chi connectivity index (χ2n) is 1.28. The second kappa shape index (κ2) is 7.69. The fraction of sp³-hybridized carbons (Fsp3) is 0.667. The van der Waals surface area contributed by atoms with Crippen molar-refractivity contribution >= 4 is 16.1 Å². The van der Waals surface area contributed by atoms with Gasteiger partial charge in [0.25, 0.3) is 0 Å². The summed E-state index contributed by atoms with van der Waals surface area (Å²) in [5, 5.41) is 0. The van der Waals surface area contributed by atoms with Gasteiger partial charge in [0.15, 0.2) is 0 Å². The maximum atomic E-state index is 10.00. The summed E-state index contributed by atoms with van der Waals surface area (Å²) < 4.78 is 23.8. The molecule has 0 aromatic carbocycles. The molecule has 0 unspecified atom stereocenters. The molecule has 0 amide bonds. The number of carbonyl (C=O) groups excluding carboxylic acids is 1. The predicted octanol–water partition coefficient (Wildman–Crippen LogP) is -6.26. The van der Waals surface area contributed by atoms with E-state index in [2.05, 4.69) is 4.18 Å². The first-order valence-electron chi connectivity index (χ1n) is 1.82. The molecule has 0 aliphatic heterocycles. The van der Waals surface area contributed by atoms with E-state index in [1.54, 1.807) is 0 Å². The van der Waals surface area contributed by atoms with Crippen molar-refractivity contribution in [3.8, 4) is 0 Å². The molecule has 0 aromatic rings. The van der Waals surface area contributed by atoms with Gasteiger partial charge in [-0.1, -0.05) is 0 Å². The Balaban J connectivity index is -0.0000000408. The van der Waals surface area contributed by atoms with Crippen LogP contribution in [-0.2, 0) is 19.1 Å². The first-order chi connectivity index (χ1) is 3.42. The number of hydrogen-bond acceptors (Lipinski definition) is 4. The summed E-state index contributed by atoms with van der Waals surface area (Å²) in [6.07, 6.45) is 0.814. The summed E-state index contributed by atoms with van der Waals surface area (Å²) >= 11 is 0. The van der Waals surface area contributed by atoms with E-state index in [0.29, 0.717) is 0 Å². The summed E-state index contributed by atoms with van der Waals surface area (Å²) in [7, 11) is -3.57. The zero-order valence-electron chi connectivity index (χ0n) is 8.54. The van der Waals surface area contributed by atoms with Crippen LogP contribution in [0.3, 0.4) is 0 Å². The Labute approximate surface area is 128 Å². The first-order valence-corrected chi connectivity index (χ1v) is 3.63. The van der Waals surface area contributed by atoms with Crippen molar-refractivity contribution in [1.29, 1.82) is 0 Å². The molecule has 0 aromatic heterocycles. The van der Waals surface area contributed by atoms with Crippen LogP contribution < -0.4 is 80.9 Å². The SMILES string of the molecule is CC(=O)OS(C)(=O)=O.[H-].[H-].[K+].[Na+]. The largest absolute Gasteiger partial charge is 1.00 e. The van der Waals surface area contributed by atoms with Crippen molar-refractivity contribution in [2.24, 2.45) is 0 Å². The van der Waals surface area contributed by atoms with Gasteiger partial charge < -0.3 is 7.04 Å². The third-order valence-corrected chi connectivity index (χ3v) is 0.806. The van der Waals surface area contributed by atoms with Gasteiger partial charge in [-0.2, -0.15) is 8.42 Å². The van der Waals surface area contributed by atoms with Gasteiger partial charge in [-0.15, -0.1) is 0 Å². The Morgan fingerprint density at radius 1 is 1.50 bits per heavy atom. The van der Waals surface area contributed by atoms with Crippen LogP contribution in [0.25, 0.3) is 0 Å². The molecule has 0 fully saturated rings. The molecule has 0 N–H and O–H groups in total. The molecule has 7 heteroatoms. The molecule has 0 aliphatic carbocycles. The smallest absolute Gasteiger partial charge is 1.00 e. The van der Waals surface area contributed by atoms with Gasteiger partial charge >= 0.3 is 97.0 Å². The minimum atomic E-state index is -3.57. The van der Waals surface area contributed by atoms with Gasteiger partial charge in [-0.3, -0.25) is 4.79 Å². The van der Waals surface area contributed by atoms with Crippen LogP contribution in [0.2, 0.25) is 0 Å². The zero-order valence-corrected chi connectivity index (χ0v) is 12.5. The Kier molecular flexibility index (Phi) is 13.8. The van der Waals surface area contributed by atoms with Crippen molar-refractivity contribution < 1.29 is 101 Å². The van der Waals surface area contributed by atoms with E-state index in [1.807, 2.05) is 0 Å². The predicted molar refractivity (Wildman–Crippen MR) is 28.8 cm³/mol. The van der Waals surface area contributed by atoms with Gasteiger partial charge in [-0.25, -0.2) is 0 Å². The fourth-order valence-electron chi connectivity index (χ4n) is 0.213. The van der Waals surface area contributed by atoms with E-state index in [-0.39, 0.29) is 83.8 Å². The molecule has 52 valence electrons. The van der Waals surface area contributed by atoms with Crippen molar-refractivity contribution in [3.05, 3.63) is 0 Å². The van der Waals surface area contributed by atoms with Crippen molar-refractivity contribution in [2.45, 2.75) is 6.92 Å². The van der Waals surface area contributed by atoms with Crippen molar-refractivity contribution in [3.63, 3.8) is 0 Å². The zero-order chi connectivity index (χ0) is 6.78. The minimum absolute atomic E-state index is 0. The molecule has 10 heavy (non-hydrogen) atoms. The van der Waals surface area contributed by atoms with Crippen molar-refractivity contribution in [2.75, 3.05) is 6.26 Å². The van der Waals surface area contributed by atoms with E-state index in [9.17, 15) is 13.2 Å². The maximum Gasteiger partial charge on any atom is 1.00 e.